The molecule has 0 saturated carbocycles. The summed E-state index contributed by atoms with van der Waals surface area (Å²) in [5, 5.41) is 1.46. The van der Waals surface area contributed by atoms with Gasteiger partial charge in [-0.25, -0.2) is 0 Å². The van der Waals surface area contributed by atoms with Crippen LogP contribution in [0.25, 0.3) is 0 Å². The first kappa shape index (κ1) is 14.4. The van der Waals surface area contributed by atoms with E-state index >= 15 is 0 Å². The van der Waals surface area contributed by atoms with Crippen LogP contribution in [-0.4, -0.2) is 0 Å². The number of benzene rings is 2. The van der Waals surface area contributed by atoms with Gasteiger partial charge in [-0.15, -0.1) is 0 Å². The van der Waals surface area contributed by atoms with E-state index in [1.54, 1.807) is 0 Å². The van der Waals surface area contributed by atoms with E-state index in [-0.39, 0.29) is 0 Å². The molecule has 3 heteroatoms. The maximum atomic E-state index is 5.98. The molecule has 0 aliphatic rings. The van der Waals surface area contributed by atoms with Gasteiger partial charge in [0.15, 0.2) is 0 Å². The van der Waals surface area contributed by atoms with E-state index in [4.69, 9.17) is 16.3 Å². The molecule has 0 atom stereocenters. The number of ether oxygens (including phenoxy) is 1. The lowest BCUT2D eigenvalue weighted by Gasteiger charge is -2.12. The molecule has 0 unspecified atom stereocenters. The average molecular weight is 340 g/mol. The lowest BCUT2D eigenvalue weighted by molar-refractivity contribution is 0.303. The van der Waals surface area contributed by atoms with Crippen LogP contribution in [0.1, 0.15) is 22.3 Å². The maximum Gasteiger partial charge on any atom is 0.123 e. The minimum absolute atomic E-state index is 0.579. The molecular weight excluding hydrogens is 324 g/mol. The fourth-order valence-electron chi connectivity index (χ4n) is 1.90. The van der Waals surface area contributed by atoms with Gasteiger partial charge in [0.05, 0.1) is 0 Å². The van der Waals surface area contributed by atoms with Crippen molar-refractivity contribution in [3.8, 4) is 5.75 Å². The summed E-state index contributed by atoms with van der Waals surface area (Å²) in [6.07, 6.45) is 0. The number of hydrogen-bond donors (Lipinski definition) is 0. The Kier molecular flexibility index (Phi) is 4.89. The van der Waals surface area contributed by atoms with E-state index in [1.807, 2.05) is 18.2 Å². The summed E-state index contributed by atoms with van der Waals surface area (Å²) in [5.41, 5.74) is 4.79. The SMILES string of the molecule is Cc1ccc(C)c(COc2ccc(Cl)cc2CBr)c1. The Labute approximate surface area is 127 Å². The second-order valence-electron chi connectivity index (χ2n) is 4.60. The highest BCUT2D eigenvalue weighted by Gasteiger charge is 2.05. The summed E-state index contributed by atoms with van der Waals surface area (Å²) in [5.74, 6) is 0.877. The molecule has 19 heavy (non-hydrogen) atoms. The molecule has 0 saturated heterocycles. The third-order valence-electron chi connectivity index (χ3n) is 3.05. The molecule has 0 aliphatic carbocycles. The van der Waals surface area contributed by atoms with E-state index in [2.05, 4.69) is 48.0 Å². The van der Waals surface area contributed by atoms with Gasteiger partial charge in [0, 0.05) is 15.9 Å². The van der Waals surface area contributed by atoms with Crippen LogP contribution in [-0.2, 0) is 11.9 Å². The molecule has 100 valence electrons. The van der Waals surface area contributed by atoms with Gasteiger partial charge in [-0.1, -0.05) is 51.3 Å². The lowest BCUT2D eigenvalue weighted by atomic mass is 10.1. The van der Waals surface area contributed by atoms with E-state index in [0.717, 1.165) is 21.7 Å². The Morgan fingerprint density at radius 1 is 1.05 bits per heavy atom. The molecule has 2 aromatic rings. The summed E-state index contributed by atoms with van der Waals surface area (Å²) in [6, 6.07) is 12.1. The van der Waals surface area contributed by atoms with Crippen LogP contribution in [0.5, 0.6) is 5.75 Å². The first-order chi connectivity index (χ1) is 9.10. The third kappa shape index (κ3) is 3.74. The zero-order valence-corrected chi connectivity index (χ0v) is 13.4. The number of halogens is 2. The molecule has 0 amide bonds. The van der Waals surface area contributed by atoms with E-state index in [1.165, 1.54) is 16.7 Å². The van der Waals surface area contributed by atoms with Crippen molar-refractivity contribution in [1.29, 1.82) is 0 Å². The topological polar surface area (TPSA) is 9.23 Å². The van der Waals surface area contributed by atoms with Crippen molar-refractivity contribution in [2.24, 2.45) is 0 Å². The highest BCUT2D eigenvalue weighted by Crippen LogP contribution is 2.26. The number of aryl methyl sites for hydroxylation is 2. The molecule has 0 spiro atoms. The molecule has 0 fully saturated rings. The predicted octanol–water partition coefficient (Wildman–Crippen LogP) is 5.43. The fourth-order valence-corrected chi connectivity index (χ4v) is 2.54. The Bertz CT molecular complexity index is 581. The van der Waals surface area contributed by atoms with Crippen LogP contribution in [0.3, 0.4) is 0 Å². The van der Waals surface area contributed by atoms with Crippen molar-refractivity contribution >= 4 is 27.5 Å². The van der Waals surface area contributed by atoms with E-state index in [9.17, 15) is 0 Å². The highest BCUT2D eigenvalue weighted by atomic mass is 79.9. The number of alkyl halides is 1. The second kappa shape index (κ2) is 6.44. The summed E-state index contributed by atoms with van der Waals surface area (Å²) in [4.78, 5) is 0. The number of hydrogen-bond acceptors (Lipinski definition) is 1. The predicted molar refractivity (Wildman–Crippen MR) is 84.3 cm³/mol. The molecule has 0 radical (unpaired) electrons. The molecular formula is C16H16BrClO. The van der Waals surface area contributed by atoms with Gasteiger partial charge in [-0.2, -0.15) is 0 Å². The Morgan fingerprint density at radius 3 is 2.58 bits per heavy atom. The van der Waals surface area contributed by atoms with Crippen LogP contribution in [0.4, 0.5) is 0 Å². The van der Waals surface area contributed by atoms with Gasteiger partial charge in [-0.3, -0.25) is 0 Å². The second-order valence-corrected chi connectivity index (χ2v) is 5.60. The zero-order valence-electron chi connectivity index (χ0n) is 11.0. The van der Waals surface area contributed by atoms with Gasteiger partial charge >= 0.3 is 0 Å². The van der Waals surface area contributed by atoms with Gasteiger partial charge in [-0.05, 0) is 43.2 Å². The molecule has 1 nitrogen and oxygen atoms in total. The minimum atomic E-state index is 0.579. The van der Waals surface area contributed by atoms with Crippen molar-refractivity contribution in [2.75, 3.05) is 0 Å². The Balaban J connectivity index is 2.16. The summed E-state index contributed by atoms with van der Waals surface area (Å²) < 4.78 is 5.92. The first-order valence-corrected chi connectivity index (χ1v) is 7.63. The quantitative estimate of drug-likeness (QED) is 0.675. The van der Waals surface area contributed by atoms with Crippen LogP contribution in [0, 0.1) is 13.8 Å². The Hall–Kier alpha value is -0.990. The monoisotopic (exact) mass is 338 g/mol. The zero-order chi connectivity index (χ0) is 13.8. The fraction of sp³-hybridized carbons (Fsp3) is 0.250. The van der Waals surface area contributed by atoms with E-state index in [0.29, 0.717) is 6.61 Å². The van der Waals surface area contributed by atoms with Crippen LogP contribution < -0.4 is 4.74 Å². The standard InChI is InChI=1S/C16H16BrClO/c1-11-3-4-12(2)14(7-11)10-19-16-6-5-15(18)8-13(16)9-17/h3-8H,9-10H2,1-2H3. The molecule has 0 N–H and O–H groups in total. The Morgan fingerprint density at radius 2 is 1.84 bits per heavy atom. The summed E-state index contributed by atoms with van der Waals surface area (Å²) in [7, 11) is 0. The molecule has 2 aromatic carbocycles. The maximum absolute atomic E-state index is 5.98. The van der Waals surface area contributed by atoms with Crippen molar-refractivity contribution < 1.29 is 4.74 Å². The van der Waals surface area contributed by atoms with Crippen molar-refractivity contribution in [1.82, 2.24) is 0 Å². The highest BCUT2D eigenvalue weighted by molar-refractivity contribution is 9.08. The number of rotatable bonds is 4. The first-order valence-electron chi connectivity index (χ1n) is 6.13. The molecule has 2 rings (SSSR count). The van der Waals surface area contributed by atoms with E-state index < -0.39 is 0 Å². The molecule has 0 aliphatic heterocycles. The van der Waals surface area contributed by atoms with Gasteiger partial charge in [0.2, 0.25) is 0 Å². The molecule has 0 heterocycles. The van der Waals surface area contributed by atoms with Crippen LogP contribution >= 0.6 is 27.5 Å². The van der Waals surface area contributed by atoms with Crippen molar-refractivity contribution in [3.05, 3.63) is 63.7 Å². The minimum Gasteiger partial charge on any atom is -0.489 e. The largest absolute Gasteiger partial charge is 0.489 e. The van der Waals surface area contributed by atoms with Gasteiger partial charge in [0.25, 0.3) is 0 Å². The summed E-state index contributed by atoms with van der Waals surface area (Å²) in [6.45, 7) is 4.77. The van der Waals surface area contributed by atoms with Crippen molar-refractivity contribution in [3.63, 3.8) is 0 Å². The van der Waals surface area contributed by atoms with Gasteiger partial charge < -0.3 is 4.74 Å². The molecule has 0 bridgehead atoms. The smallest absolute Gasteiger partial charge is 0.123 e. The van der Waals surface area contributed by atoms with Crippen LogP contribution in [0.2, 0.25) is 5.02 Å². The molecule has 0 aromatic heterocycles. The lowest BCUT2D eigenvalue weighted by Crippen LogP contribution is -2.00. The van der Waals surface area contributed by atoms with Crippen LogP contribution in [0.15, 0.2) is 36.4 Å². The summed E-state index contributed by atoms with van der Waals surface area (Å²) >= 11 is 9.44. The normalized spacial score (nSPS) is 10.5. The van der Waals surface area contributed by atoms with Crippen molar-refractivity contribution in [2.45, 2.75) is 25.8 Å². The van der Waals surface area contributed by atoms with Gasteiger partial charge in [0.1, 0.15) is 12.4 Å². The third-order valence-corrected chi connectivity index (χ3v) is 3.89. The average Bonchev–Trinajstić information content (AvgIpc) is 2.40.